The van der Waals surface area contributed by atoms with E-state index in [0.29, 0.717) is 6.61 Å². The summed E-state index contributed by atoms with van der Waals surface area (Å²) in [5.74, 6) is 0.144. The van der Waals surface area contributed by atoms with Gasteiger partial charge in [-0.3, -0.25) is 0 Å². The Morgan fingerprint density at radius 3 is 2.79 bits per heavy atom. The molecular formula is C14H21N3O2. The molecule has 0 unspecified atom stereocenters. The van der Waals surface area contributed by atoms with E-state index >= 15 is 0 Å². The molecule has 1 aliphatic rings. The van der Waals surface area contributed by atoms with Crippen LogP contribution in [0.15, 0.2) is 23.4 Å². The normalized spacial score (nSPS) is 19.5. The third kappa shape index (κ3) is 2.66. The highest BCUT2D eigenvalue weighted by Gasteiger charge is 2.30. The summed E-state index contributed by atoms with van der Waals surface area (Å²) >= 11 is 0. The monoisotopic (exact) mass is 263 g/mol. The summed E-state index contributed by atoms with van der Waals surface area (Å²) in [6, 6.07) is 5.97. The van der Waals surface area contributed by atoms with Crippen LogP contribution in [0.1, 0.15) is 25.0 Å². The van der Waals surface area contributed by atoms with E-state index < -0.39 is 0 Å². The summed E-state index contributed by atoms with van der Waals surface area (Å²) in [5, 5.41) is 11.8. The van der Waals surface area contributed by atoms with Crippen molar-refractivity contribution in [3.05, 3.63) is 29.3 Å². The van der Waals surface area contributed by atoms with E-state index in [-0.39, 0.29) is 11.4 Å². The van der Waals surface area contributed by atoms with Crippen LogP contribution < -0.4 is 10.6 Å². The third-order valence-electron chi connectivity index (χ3n) is 3.55. The highest BCUT2D eigenvalue weighted by Crippen LogP contribution is 2.28. The lowest BCUT2D eigenvalue weighted by molar-refractivity contribution is 0.0644. The number of morpholine rings is 1. The van der Waals surface area contributed by atoms with Gasteiger partial charge in [0.1, 0.15) is 0 Å². The van der Waals surface area contributed by atoms with Gasteiger partial charge in [0.2, 0.25) is 0 Å². The Morgan fingerprint density at radius 1 is 1.47 bits per heavy atom. The van der Waals surface area contributed by atoms with Crippen LogP contribution in [0.4, 0.5) is 5.69 Å². The molecule has 1 saturated heterocycles. The standard InChI is InChI=1S/C14H21N3O2/c1-10-8-11(4-5-12(10)13(15)16-18)17-6-7-19-9-14(17,2)3/h4-5,8,18H,6-7,9H2,1-3H3,(H2,15,16). The van der Waals surface area contributed by atoms with E-state index in [0.717, 1.165) is 30.0 Å². The second-order valence-corrected chi connectivity index (χ2v) is 5.50. The van der Waals surface area contributed by atoms with Crippen LogP contribution in [-0.4, -0.2) is 36.3 Å². The largest absolute Gasteiger partial charge is 0.409 e. The molecule has 104 valence electrons. The smallest absolute Gasteiger partial charge is 0.170 e. The predicted octanol–water partition coefficient (Wildman–Crippen LogP) is 1.70. The number of anilines is 1. The lowest BCUT2D eigenvalue weighted by Crippen LogP contribution is -2.53. The van der Waals surface area contributed by atoms with E-state index in [2.05, 4.69) is 30.0 Å². The van der Waals surface area contributed by atoms with Crippen LogP contribution in [0.25, 0.3) is 0 Å². The average molecular weight is 263 g/mol. The van der Waals surface area contributed by atoms with Crippen LogP contribution in [0.2, 0.25) is 0 Å². The van der Waals surface area contributed by atoms with Crippen molar-refractivity contribution in [1.29, 1.82) is 0 Å². The number of nitrogens with two attached hydrogens (primary N) is 1. The molecule has 0 aliphatic carbocycles. The maximum atomic E-state index is 8.75. The van der Waals surface area contributed by atoms with Crippen LogP contribution >= 0.6 is 0 Å². The first-order valence-corrected chi connectivity index (χ1v) is 6.39. The minimum Gasteiger partial charge on any atom is -0.409 e. The molecule has 2 rings (SSSR count). The maximum Gasteiger partial charge on any atom is 0.170 e. The first kappa shape index (κ1) is 13.7. The summed E-state index contributed by atoms with van der Waals surface area (Å²) in [5.41, 5.74) is 8.51. The Bertz CT molecular complexity index is 497. The highest BCUT2D eigenvalue weighted by atomic mass is 16.5. The van der Waals surface area contributed by atoms with Crippen molar-refractivity contribution in [2.24, 2.45) is 10.9 Å². The van der Waals surface area contributed by atoms with E-state index in [4.69, 9.17) is 15.7 Å². The molecular weight excluding hydrogens is 242 g/mol. The summed E-state index contributed by atoms with van der Waals surface area (Å²) < 4.78 is 5.53. The lowest BCUT2D eigenvalue weighted by Gasteiger charge is -2.44. The molecule has 0 amide bonds. The Hall–Kier alpha value is -1.75. The fraction of sp³-hybridized carbons (Fsp3) is 0.500. The predicted molar refractivity (Wildman–Crippen MR) is 75.9 cm³/mol. The van der Waals surface area contributed by atoms with Crippen molar-refractivity contribution in [3.8, 4) is 0 Å². The molecule has 1 heterocycles. The molecule has 0 radical (unpaired) electrons. The van der Waals surface area contributed by atoms with Gasteiger partial charge in [0.25, 0.3) is 0 Å². The van der Waals surface area contributed by atoms with Crippen molar-refractivity contribution in [3.63, 3.8) is 0 Å². The van der Waals surface area contributed by atoms with Gasteiger partial charge in [-0.2, -0.15) is 0 Å². The number of aryl methyl sites for hydroxylation is 1. The van der Waals surface area contributed by atoms with E-state index in [9.17, 15) is 0 Å². The zero-order valence-electron chi connectivity index (χ0n) is 11.7. The summed E-state index contributed by atoms with van der Waals surface area (Å²) in [6.07, 6.45) is 0. The molecule has 0 bridgehead atoms. The Labute approximate surface area is 113 Å². The molecule has 0 saturated carbocycles. The Balaban J connectivity index is 2.34. The van der Waals surface area contributed by atoms with Gasteiger partial charge in [0.05, 0.1) is 18.8 Å². The zero-order chi connectivity index (χ0) is 14.0. The van der Waals surface area contributed by atoms with E-state index in [1.165, 1.54) is 0 Å². The van der Waals surface area contributed by atoms with Crippen LogP contribution in [0.5, 0.6) is 0 Å². The van der Waals surface area contributed by atoms with Crippen LogP contribution in [-0.2, 0) is 4.74 Å². The molecule has 5 heteroatoms. The highest BCUT2D eigenvalue weighted by molar-refractivity contribution is 5.98. The van der Waals surface area contributed by atoms with Crippen molar-refractivity contribution < 1.29 is 9.94 Å². The van der Waals surface area contributed by atoms with Gasteiger partial charge in [0, 0.05) is 17.8 Å². The van der Waals surface area contributed by atoms with Crippen molar-refractivity contribution in [2.45, 2.75) is 26.3 Å². The number of benzene rings is 1. The second-order valence-electron chi connectivity index (χ2n) is 5.50. The van der Waals surface area contributed by atoms with Crippen molar-refractivity contribution >= 4 is 11.5 Å². The number of oxime groups is 1. The van der Waals surface area contributed by atoms with Gasteiger partial charge in [-0.15, -0.1) is 0 Å². The molecule has 19 heavy (non-hydrogen) atoms. The Morgan fingerprint density at radius 2 is 2.21 bits per heavy atom. The number of hydrogen-bond acceptors (Lipinski definition) is 4. The summed E-state index contributed by atoms with van der Waals surface area (Å²) in [4.78, 5) is 2.33. The zero-order valence-corrected chi connectivity index (χ0v) is 11.7. The molecule has 3 N–H and O–H groups in total. The van der Waals surface area contributed by atoms with Gasteiger partial charge in [-0.1, -0.05) is 5.16 Å². The van der Waals surface area contributed by atoms with Crippen molar-refractivity contribution in [2.75, 3.05) is 24.7 Å². The number of rotatable bonds is 2. The van der Waals surface area contributed by atoms with Gasteiger partial charge >= 0.3 is 0 Å². The fourth-order valence-electron chi connectivity index (χ4n) is 2.49. The SMILES string of the molecule is Cc1cc(N2CCOCC2(C)C)ccc1/C(N)=N/O. The molecule has 0 aromatic heterocycles. The van der Waals surface area contributed by atoms with E-state index in [1.54, 1.807) is 0 Å². The molecule has 5 nitrogen and oxygen atoms in total. The summed E-state index contributed by atoms with van der Waals surface area (Å²) in [6.45, 7) is 8.62. The fourth-order valence-corrected chi connectivity index (χ4v) is 2.49. The minimum atomic E-state index is -0.0250. The molecule has 1 fully saturated rings. The van der Waals surface area contributed by atoms with Crippen LogP contribution in [0.3, 0.4) is 0 Å². The summed E-state index contributed by atoms with van der Waals surface area (Å²) in [7, 11) is 0. The molecule has 1 aliphatic heterocycles. The van der Waals surface area contributed by atoms with Gasteiger partial charge in [-0.05, 0) is 44.5 Å². The third-order valence-corrected chi connectivity index (χ3v) is 3.55. The Kier molecular flexibility index (Phi) is 3.66. The van der Waals surface area contributed by atoms with Crippen molar-refractivity contribution in [1.82, 2.24) is 0 Å². The quantitative estimate of drug-likeness (QED) is 0.369. The van der Waals surface area contributed by atoms with Gasteiger partial charge < -0.3 is 20.6 Å². The lowest BCUT2D eigenvalue weighted by atomic mass is 9.99. The van der Waals surface area contributed by atoms with Crippen LogP contribution in [0, 0.1) is 6.92 Å². The first-order chi connectivity index (χ1) is 8.95. The first-order valence-electron chi connectivity index (χ1n) is 6.39. The number of hydrogen-bond donors (Lipinski definition) is 2. The van der Waals surface area contributed by atoms with E-state index in [1.807, 2.05) is 19.1 Å². The molecule has 1 aromatic carbocycles. The molecule has 0 atom stereocenters. The number of ether oxygens (including phenoxy) is 1. The topological polar surface area (TPSA) is 71.1 Å². The average Bonchev–Trinajstić information content (AvgIpc) is 2.37. The number of amidine groups is 1. The molecule has 0 spiro atoms. The van der Waals surface area contributed by atoms with Gasteiger partial charge in [0.15, 0.2) is 5.84 Å². The van der Waals surface area contributed by atoms with Gasteiger partial charge in [-0.25, -0.2) is 0 Å². The second kappa shape index (κ2) is 5.09. The number of nitrogens with zero attached hydrogens (tertiary/aromatic N) is 2. The minimum absolute atomic E-state index is 0.0250. The molecule has 1 aromatic rings. The maximum absolute atomic E-state index is 8.75.